The second-order valence-electron chi connectivity index (χ2n) is 2.65. The molecule has 0 saturated carbocycles. The molecule has 2 unspecified atom stereocenters. The molecule has 8 nitrogen and oxygen atoms in total. The van der Waals surface area contributed by atoms with E-state index in [1.54, 1.807) is 0 Å². The average Bonchev–Trinajstić information content (AvgIpc) is 2.22. The molecule has 0 aromatic carbocycles. The first-order valence-electron chi connectivity index (χ1n) is 4.03. The molecule has 10 heteroatoms. The van der Waals surface area contributed by atoms with Gasteiger partial charge in [-0.15, -0.1) is 0 Å². The Balaban J connectivity index is 0. The molecule has 0 aliphatic carbocycles. The van der Waals surface area contributed by atoms with Crippen LogP contribution in [0.5, 0.6) is 0 Å². The van der Waals surface area contributed by atoms with E-state index in [-0.39, 0.29) is 29.6 Å². The summed E-state index contributed by atoms with van der Waals surface area (Å²) in [6.07, 6.45) is -2.66. The first kappa shape index (κ1) is 19.1. The monoisotopic (exact) mass is 270 g/mol. The third kappa shape index (κ3) is 9.90. The van der Waals surface area contributed by atoms with Crippen LogP contribution in [0, 0.1) is 0 Å². The van der Waals surface area contributed by atoms with Crippen LogP contribution >= 0.6 is 0 Å². The molecule has 0 heterocycles. The summed E-state index contributed by atoms with van der Waals surface area (Å²) in [5.74, 6) is 0. The summed E-state index contributed by atoms with van der Waals surface area (Å²) < 4.78 is 29.9. The van der Waals surface area contributed by atoms with Gasteiger partial charge in [0.1, 0.15) is 12.2 Å². The van der Waals surface area contributed by atoms with Crippen molar-refractivity contribution in [1.82, 2.24) is 0 Å². The molecular weight excluding hydrogens is 255 g/mol. The Morgan fingerprint density at radius 2 is 1.25 bits per heavy atom. The van der Waals surface area contributed by atoms with Gasteiger partial charge in [0.05, 0.1) is 26.4 Å². The van der Waals surface area contributed by atoms with E-state index in [2.05, 4.69) is 8.37 Å². The molecule has 0 fully saturated rings. The Hall–Kier alpha value is 0.710. The van der Waals surface area contributed by atoms with Crippen LogP contribution in [0.15, 0.2) is 0 Å². The minimum absolute atomic E-state index is 0. The Kier molecular flexibility index (Phi) is 11.6. The summed E-state index contributed by atoms with van der Waals surface area (Å²) in [5, 5.41) is 34.2. The van der Waals surface area contributed by atoms with Crippen molar-refractivity contribution in [2.45, 2.75) is 12.2 Å². The predicted octanol–water partition coefficient (Wildman–Crippen LogP) is -3.68. The fourth-order valence-corrected chi connectivity index (χ4v) is 1.18. The first-order chi connectivity index (χ1) is 6.91. The SMILES string of the molecule is O=S(=O)(OCC(O)CO)OCC(O)CO.[NaH]. The van der Waals surface area contributed by atoms with E-state index in [1.165, 1.54) is 0 Å². The van der Waals surface area contributed by atoms with Crippen LogP contribution in [0.25, 0.3) is 0 Å². The molecule has 94 valence electrons. The summed E-state index contributed by atoms with van der Waals surface area (Å²) in [4.78, 5) is 0. The molecule has 0 bridgehead atoms. The van der Waals surface area contributed by atoms with E-state index >= 15 is 0 Å². The van der Waals surface area contributed by atoms with Crippen LogP contribution in [0.2, 0.25) is 0 Å². The van der Waals surface area contributed by atoms with Crippen LogP contribution in [-0.4, -0.2) is 97.0 Å². The third-order valence-electron chi connectivity index (χ3n) is 1.23. The van der Waals surface area contributed by atoms with Gasteiger partial charge in [-0.05, 0) is 0 Å². The predicted molar refractivity (Wildman–Crippen MR) is 54.2 cm³/mol. The van der Waals surface area contributed by atoms with Gasteiger partial charge < -0.3 is 20.4 Å². The topological polar surface area (TPSA) is 134 Å². The molecule has 0 aromatic heterocycles. The van der Waals surface area contributed by atoms with Crippen LogP contribution in [-0.2, 0) is 18.8 Å². The van der Waals surface area contributed by atoms with Gasteiger partial charge in [-0.25, -0.2) is 8.37 Å². The second-order valence-corrected chi connectivity index (χ2v) is 3.94. The Labute approximate surface area is 115 Å². The maximum atomic E-state index is 10.8. The maximum absolute atomic E-state index is 10.8. The van der Waals surface area contributed by atoms with Crippen molar-refractivity contribution in [2.75, 3.05) is 26.4 Å². The van der Waals surface area contributed by atoms with E-state index in [1.807, 2.05) is 0 Å². The Morgan fingerprint density at radius 3 is 1.50 bits per heavy atom. The van der Waals surface area contributed by atoms with Crippen molar-refractivity contribution in [2.24, 2.45) is 0 Å². The van der Waals surface area contributed by atoms with E-state index in [4.69, 9.17) is 20.4 Å². The van der Waals surface area contributed by atoms with Gasteiger partial charge in [0.15, 0.2) is 0 Å². The molecule has 4 N–H and O–H groups in total. The fourth-order valence-electron chi connectivity index (χ4n) is 0.463. The number of aliphatic hydroxyl groups excluding tert-OH is 4. The number of rotatable bonds is 8. The van der Waals surface area contributed by atoms with Crippen LogP contribution < -0.4 is 0 Å². The molecule has 0 amide bonds. The van der Waals surface area contributed by atoms with E-state index in [9.17, 15) is 8.42 Å². The summed E-state index contributed by atoms with van der Waals surface area (Å²) in [6, 6.07) is 0. The van der Waals surface area contributed by atoms with Gasteiger partial charge in [-0.2, -0.15) is 8.42 Å². The Bertz CT molecular complexity index is 235. The molecule has 0 rings (SSSR count). The quantitative estimate of drug-likeness (QED) is 0.331. The van der Waals surface area contributed by atoms with E-state index < -0.39 is 49.0 Å². The Morgan fingerprint density at radius 1 is 0.938 bits per heavy atom. The molecular formula is C6H15NaO8S. The van der Waals surface area contributed by atoms with Crippen molar-refractivity contribution in [1.29, 1.82) is 0 Å². The summed E-state index contributed by atoms with van der Waals surface area (Å²) in [6.45, 7) is -2.58. The number of hydrogen-bond donors (Lipinski definition) is 4. The van der Waals surface area contributed by atoms with Crippen molar-refractivity contribution in [3.63, 3.8) is 0 Å². The number of aliphatic hydroxyl groups is 4. The minimum atomic E-state index is -4.33. The molecule has 0 saturated heterocycles. The normalized spacial score (nSPS) is 15.2. The van der Waals surface area contributed by atoms with E-state index in [0.717, 1.165) is 0 Å². The van der Waals surface area contributed by atoms with Crippen molar-refractivity contribution < 1.29 is 37.2 Å². The molecule has 2 atom stereocenters. The van der Waals surface area contributed by atoms with Gasteiger partial charge in [0, 0.05) is 0 Å². The van der Waals surface area contributed by atoms with Gasteiger partial charge in [-0.1, -0.05) is 0 Å². The molecule has 16 heavy (non-hydrogen) atoms. The standard InChI is InChI=1S/C6H14O8S.Na.H/c7-1-5(9)3-13-15(11,12)14-4-6(10)2-8;;/h5-10H,1-4H2;;. The zero-order chi connectivity index (χ0) is 11.9. The summed E-state index contributed by atoms with van der Waals surface area (Å²) in [7, 11) is -4.33. The molecule has 0 spiro atoms. The molecule has 0 aromatic rings. The second kappa shape index (κ2) is 9.71. The van der Waals surface area contributed by atoms with Gasteiger partial charge in [-0.3, -0.25) is 0 Å². The van der Waals surface area contributed by atoms with Crippen LogP contribution in [0.1, 0.15) is 0 Å². The first-order valence-corrected chi connectivity index (χ1v) is 5.36. The van der Waals surface area contributed by atoms with Gasteiger partial charge >= 0.3 is 40.0 Å². The van der Waals surface area contributed by atoms with Crippen LogP contribution in [0.3, 0.4) is 0 Å². The van der Waals surface area contributed by atoms with Crippen LogP contribution in [0.4, 0.5) is 0 Å². The van der Waals surface area contributed by atoms with Gasteiger partial charge in [0.2, 0.25) is 0 Å². The third-order valence-corrected chi connectivity index (χ3v) is 2.08. The summed E-state index contributed by atoms with van der Waals surface area (Å²) >= 11 is 0. The molecule has 0 aliphatic heterocycles. The number of hydrogen-bond acceptors (Lipinski definition) is 8. The average molecular weight is 270 g/mol. The molecule has 0 radical (unpaired) electrons. The van der Waals surface area contributed by atoms with Crippen molar-refractivity contribution in [3.8, 4) is 0 Å². The molecule has 0 aliphatic rings. The zero-order valence-corrected chi connectivity index (χ0v) is 8.63. The van der Waals surface area contributed by atoms with Gasteiger partial charge in [0.25, 0.3) is 0 Å². The van der Waals surface area contributed by atoms with E-state index in [0.29, 0.717) is 0 Å². The van der Waals surface area contributed by atoms with Crippen molar-refractivity contribution >= 4 is 40.0 Å². The van der Waals surface area contributed by atoms with Crippen molar-refractivity contribution in [3.05, 3.63) is 0 Å². The summed E-state index contributed by atoms with van der Waals surface area (Å²) in [5.41, 5.74) is 0. The fraction of sp³-hybridized carbons (Fsp3) is 1.00. The zero-order valence-electron chi connectivity index (χ0n) is 7.81.